The van der Waals surface area contributed by atoms with E-state index >= 15 is 0 Å². The second-order valence-electron chi connectivity index (χ2n) is 6.53. The monoisotopic (exact) mass is 372 g/mol. The van der Waals surface area contributed by atoms with Crippen molar-refractivity contribution in [3.63, 3.8) is 0 Å². The van der Waals surface area contributed by atoms with Crippen molar-refractivity contribution < 1.29 is 14.3 Å². The number of benzene rings is 2. The zero-order chi connectivity index (χ0) is 17.9. The summed E-state index contributed by atoms with van der Waals surface area (Å²) in [5.41, 5.74) is 4.30. The van der Waals surface area contributed by atoms with E-state index in [9.17, 15) is 4.79 Å². The van der Waals surface area contributed by atoms with Gasteiger partial charge >= 0.3 is 0 Å². The van der Waals surface area contributed by atoms with Crippen LogP contribution in [0.25, 0.3) is 0 Å². The van der Waals surface area contributed by atoms with Gasteiger partial charge in [0.05, 0.1) is 17.3 Å². The first-order valence-corrected chi connectivity index (χ1v) is 9.32. The van der Waals surface area contributed by atoms with Crippen molar-refractivity contribution in [3.05, 3.63) is 46.5 Å². The molecule has 0 radical (unpaired) electrons. The van der Waals surface area contributed by atoms with Crippen molar-refractivity contribution in [2.24, 2.45) is 0 Å². The van der Waals surface area contributed by atoms with Crippen molar-refractivity contribution in [2.75, 3.05) is 30.4 Å². The summed E-state index contributed by atoms with van der Waals surface area (Å²) >= 11 is 6.25. The molecule has 1 aliphatic carbocycles. The van der Waals surface area contributed by atoms with E-state index < -0.39 is 0 Å². The largest absolute Gasteiger partial charge is 0.486 e. The highest BCUT2D eigenvalue weighted by Crippen LogP contribution is 2.38. The Kier molecular flexibility index (Phi) is 4.89. The van der Waals surface area contributed by atoms with Crippen LogP contribution >= 0.6 is 11.6 Å². The number of rotatable bonds is 4. The number of hydrogen-bond acceptors (Lipinski definition) is 4. The molecule has 1 aliphatic heterocycles. The quantitative estimate of drug-likeness (QED) is 0.850. The van der Waals surface area contributed by atoms with E-state index in [2.05, 4.69) is 16.7 Å². The molecule has 0 saturated carbocycles. The Morgan fingerprint density at radius 2 is 1.81 bits per heavy atom. The molecule has 4 rings (SSSR count). The fourth-order valence-electron chi connectivity index (χ4n) is 3.48. The number of aryl methyl sites for hydroxylation is 1. The van der Waals surface area contributed by atoms with Crippen LogP contribution in [0.1, 0.15) is 24.0 Å². The molecule has 136 valence electrons. The third kappa shape index (κ3) is 3.58. The maximum absolute atomic E-state index is 12.4. The maximum atomic E-state index is 12.4. The van der Waals surface area contributed by atoms with Gasteiger partial charge in [0.1, 0.15) is 13.2 Å². The number of fused-ring (bicyclic) bond motifs is 2. The van der Waals surface area contributed by atoms with Crippen molar-refractivity contribution in [3.8, 4) is 11.5 Å². The van der Waals surface area contributed by atoms with Gasteiger partial charge in [-0.25, -0.2) is 0 Å². The average molecular weight is 373 g/mol. The van der Waals surface area contributed by atoms with Gasteiger partial charge in [0.2, 0.25) is 5.91 Å². The van der Waals surface area contributed by atoms with Crippen LogP contribution in [0, 0.1) is 0 Å². The molecule has 0 bridgehead atoms. The van der Waals surface area contributed by atoms with Gasteiger partial charge in [-0.15, -0.1) is 0 Å². The number of ether oxygens (including phenoxy) is 2. The lowest BCUT2D eigenvalue weighted by Crippen LogP contribution is -2.23. The third-order valence-corrected chi connectivity index (χ3v) is 5.05. The summed E-state index contributed by atoms with van der Waals surface area (Å²) in [4.78, 5) is 12.4. The van der Waals surface area contributed by atoms with Crippen molar-refractivity contribution >= 4 is 28.9 Å². The number of carbonyl (C=O) groups is 1. The molecule has 1 heterocycles. The lowest BCUT2D eigenvalue weighted by atomic mass is 9.90. The number of hydrogen-bond donors (Lipinski definition) is 2. The summed E-state index contributed by atoms with van der Waals surface area (Å²) in [5, 5.41) is 6.54. The Balaban J connectivity index is 1.42. The van der Waals surface area contributed by atoms with Crippen LogP contribution in [0.4, 0.5) is 11.4 Å². The van der Waals surface area contributed by atoms with Crippen molar-refractivity contribution in [2.45, 2.75) is 25.7 Å². The van der Waals surface area contributed by atoms with Gasteiger partial charge < -0.3 is 20.1 Å². The number of nitrogens with one attached hydrogen (secondary N) is 2. The fourth-order valence-corrected chi connectivity index (χ4v) is 3.68. The molecule has 0 aromatic heterocycles. The van der Waals surface area contributed by atoms with Gasteiger partial charge in [0.25, 0.3) is 0 Å². The van der Waals surface area contributed by atoms with Gasteiger partial charge in [0.15, 0.2) is 11.5 Å². The highest BCUT2D eigenvalue weighted by molar-refractivity contribution is 6.34. The topological polar surface area (TPSA) is 59.6 Å². The first-order chi connectivity index (χ1) is 12.7. The highest BCUT2D eigenvalue weighted by Gasteiger charge is 2.17. The van der Waals surface area contributed by atoms with E-state index in [4.69, 9.17) is 21.1 Å². The van der Waals surface area contributed by atoms with E-state index in [0.717, 1.165) is 18.5 Å². The van der Waals surface area contributed by atoms with E-state index in [-0.39, 0.29) is 12.5 Å². The zero-order valence-electron chi connectivity index (χ0n) is 14.4. The van der Waals surface area contributed by atoms with Crippen LogP contribution in [-0.4, -0.2) is 25.7 Å². The van der Waals surface area contributed by atoms with Crippen molar-refractivity contribution in [1.29, 1.82) is 0 Å². The van der Waals surface area contributed by atoms with E-state index in [1.165, 1.54) is 24.0 Å². The van der Waals surface area contributed by atoms with Crippen LogP contribution in [0.2, 0.25) is 5.02 Å². The Bertz CT molecular complexity index is 838. The molecule has 0 unspecified atom stereocenters. The van der Waals surface area contributed by atoms with Gasteiger partial charge in [-0.2, -0.15) is 0 Å². The Morgan fingerprint density at radius 1 is 1.04 bits per heavy atom. The smallest absolute Gasteiger partial charge is 0.243 e. The molecule has 2 aromatic rings. The van der Waals surface area contributed by atoms with Crippen LogP contribution in [0.15, 0.2) is 30.3 Å². The van der Waals surface area contributed by atoms with E-state index in [0.29, 0.717) is 35.4 Å². The maximum Gasteiger partial charge on any atom is 0.243 e. The highest BCUT2D eigenvalue weighted by atomic mass is 35.5. The third-order valence-electron chi connectivity index (χ3n) is 4.74. The molecule has 2 N–H and O–H groups in total. The molecular formula is C20H21ClN2O3. The molecule has 0 atom stereocenters. The summed E-state index contributed by atoms with van der Waals surface area (Å²) in [6.45, 7) is 1.17. The second kappa shape index (κ2) is 7.46. The normalized spacial score (nSPS) is 15.1. The van der Waals surface area contributed by atoms with Gasteiger partial charge in [-0.05, 0) is 42.9 Å². The fraction of sp³-hybridized carbons (Fsp3) is 0.350. The molecule has 0 fully saturated rings. The van der Waals surface area contributed by atoms with Crippen LogP contribution in [-0.2, 0) is 17.6 Å². The number of halogens is 1. The molecule has 5 nitrogen and oxygen atoms in total. The minimum absolute atomic E-state index is 0.156. The van der Waals surface area contributed by atoms with Crippen LogP contribution < -0.4 is 20.1 Å². The lowest BCUT2D eigenvalue weighted by Gasteiger charge is -2.21. The number of amides is 1. The summed E-state index contributed by atoms with van der Waals surface area (Å²) in [5.74, 6) is 1.05. The molecule has 1 amide bonds. The molecule has 0 saturated heterocycles. The second-order valence-corrected chi connectivity index (χ2v) is 6.93. The molecule has 26 heavy (non-hydrogen) atoms. The molecule has 2 aliphatic rings. The van der Waals surface area contributed by atoms with E-state index in [1.54, 1.807) is 12.1 Å². The van der Waals surface area contributed by atoms with Crippen LogP contribution in [0.3, 0.4) is 0 Å². The first kappa shape index (κ1) is 17.0. The first-order valence-electron chi connectivity index (χ1n) is 8.94. The summed E-state index contributed by atoms with van der Waals surface area (Å²) in [6.07, 6.45) is 4.61. The lowest BCUT2D eigenvalue weighted by molar-refractivity contribution is -0.114. The minimum Gasteiger partial charge on any atom is -0.486 e. The molecular weight excluding hydrogens is 352 g/mol. The SMILES string of the molecule is O=C(CNc1cccc2c1CCCC2)Nc1cc2c(cc1Cl)OCCO2. The average Bonchev–Trinajstić information content (AvgIpc) is 2.67. The van der Waals surface area contributed by atoms with Crippen molar-refractivity contribution in [1.82, 2.24) is 0 Å². The summed E-state index contributed by atoms with van der Waals surface area (Å²) in [7, 11) is 0. The van der Waals surface area contributed by atoms with Gasteiger partial charge in [0, 0.05) is 17.8 Å². The zero-order valence-corrected chi connectivity index (χ0v) is 15.2. The number of carbonyl (C=O) groups excluding carboxylic acids is 1. The summed E-state index contributed by atoms with van der Waals surface area (Å²) in [6, 6.07) is 9.64. The summed E-state index contributed by atoms with van der Waals surface area (Å²) < 4.78 is 11.0. The predicted octanol–water partition coefficient (Wildman–Crippen LogP) is 4.04. The molecule has 6 heteroatoms. The standard InChI is InChI=1S/C20H21ClN2O3/c21-15-10-18-19(26-9-8-25-18)11-17(15)23-20(24)12-22-16-7-3-5-13-4-1-2-6-14(13)16/h3,5,7,10-11,22H,1-2,4,6,8-9,12H2,(H,23,24). The predicted molar refractivity (Wildman–Crippen MR) is 103 cm³/mol. The minimum atomic E-state index is -0.156. The van der Waals surface area contributed by atoms with Gasteiger partial charge in [-0.3, -0.25) is 4.79 Å². The van der Waals surface area contributed by atoms with Crippen LogP contribution in [0.5, 0.6) is 11.5 Å². The Morgan fingerprint density at radius 3 is 2.65 bits per heavy atom. The van der Waals surface area contributed by atoms with E-state index in [1.807, 2.05) is 12.1 Å². The molecule has 0 spiro atoms. The number of anilines is 2. The van der Waals surface area contributed by atoms with Gasteiger partial charge in [-0.1, -0.05) is 23.7 Å². The molecule has 2 aromatic carbocycles. The Labute approximate surface area is 157 Å². The Hall–Kier alpha value is -2.40.